The summed E-state index contributed by atoms with van der Waals surface area (Å²) in [5.74, 6) is -0.515. The maximum atomic E-state index is 13.0. The van der Waals surface area contributed by atoms with Crippen molar-refractivity contribution in [3.8, 4) is 0 Å². The molecule has 0 radical (unpaired) electrons. The number of carbonyl (C=O) groups excluding carboxylic acids is 2. The number of aromatic nitrogens is 2. The number of halogens is 6. The van der Waals surface area contributed by atoms with E-state index >= 15 is 0 Å². The number of carbonyl (C=O) groups is 2. The van der Waals surface area contributed by atoms with E-state index in [2.05, 4.69) is 5.10 Å². The summed E-state index contributed by atoms with van der Waals surface area (Å²) in [6.07, 6.45) is -10.9. The molecule has 1 aromatic carbocycles. The molecule has 0 unspecified atom stereocenters. The lowest BCUT2D eigenvalue weighted by Gasteiger charge is -2.27. The quantitative estimate of drug-likeness (QED) is 0.493. The van der Waals surface area contributed by atoms with E-state index in [1.165, 1.54) is 29.8 Å². The zero-order chi connectivity index (χ0) is 24.6. The molecule has 0 saturated carbocycles. The van der Waals surface area contributed by atoms with E-state index in [4.69, 9.17) is 9.57 Å². The van der Waals surface area contributed by atoms with Crippen LogP contribution in [-0.4, -0.2) is 52.4 Å². The number of amides is 2. The van der Waals surface area contributed by atoms with Crippen molar-refractivity contribution in [3.63, 3.8) is 0 Å². The van der Waals surface area contributed by atoms with Crippen LogP contribution < -0.4 is 0 Å². The molecular formula is C19H18F6N4O4. The molecule has 1 aromatic heterocycles. The van der Waals surface area contributed by atoms with Gasteiger partial charge in [-0.25, -0.2) is 9.86 Å². The van der Waals surface area contributed by atoms with Crippen LogP contribution in [0.1, 0.15) is 32.9 Å². The molecule has 0 bridgehead atoms. The Hall–Kier alpha value is -3.29. The molecule has 180 valence electrons. The molecule has 2 amide bonds. The highest BCUT2D eigenvalue weighted by atomic mass is 19.4. The van der Waals surface area contributed by atoms with Crippen molar-refractivity contribution in [1.82, 2.24) is 19.7 Å². The summed E-state index contributed by atoms with van der Waals surface area (Å²) in [6.45, 7) is -0.496. The highest BCUT2D eigenvalue weighted by Crippen LogP contribution is 2.36. The largest absolute Gasteiger partial charge is 0.445 e. The lowest BCUT2D eigenvalue weighted by molar-refractivity contribution is -0.143. The van der Waals surface area contributed by atoms with Gasteiger partial charge in [-0.05, 0) is 29.8 Å². The Morgan fingerprint density at radius 1 is 1.03 bits per heavy atom. The number of hydrogen-bond donors (Lipinski definition) is 0. The Morgan fingerprint density at radius 3 is 2.18 bits per heavy atom. The van der Waals surface area contributed by atoms with Gasteiger partial charge in [0.15, 0.2) is 5.69 Å². The minimum atomic E-state index is -5.00. The maximum absolute atomic E-state index is 13.0. The molecule has 0 N–H and O–H groups in total. The lowest BCUT2D eigenvalue weighted by Crippen LogP contribution is -2.38. The first-order valence-electron chi connectivity index (χ1n) is 9.38. The van der Waals surface area contributed by atoms with Crippen LogP contribution >= 0.6 is 0 Å². The fourth-order valence-electron chi connectivity index (χ4n) is 3.11. The molecule has 33 heavy (non-hydrogen) atoms. The Kier molecular flexibility index (Phi) is 6.58. The van der Waals surface area contributed by atoms with E-state index < -0.39 is 47.7 Å². The Bertz CT molecular complexity index is 1020. The number of alkyl halides is 6. The minimum absolute atomic E-state index is 0.00298. The van der Waals surface area contributed by atoms with Gasteiger partial charge in [0.05, 0.1) is 37.0 Å². The summed E-state index contributed by atoms with van der Waals surface area (Å²) in [5.41, 5.74) is -2.88. The predicted molar refractivity (Wildman–Crippen MR) is 98.4 cm³/mol. The summed E-state index contributed by atoms with van der Waals surface area (Å²) in [4.78, 5) is 30.5. The van der Waals surface area contributed by atoms with Crippen molar-refractivity contribution in [1.29, 1.82) is 0 Å². The number of fused-ring (bicyclic) bond motifs is 1. The standard InChI is InChI=1S/C19H18F6N4O4/c1-27(32-2)16(30)15-8-14-9-28(3-4-29(14)26-15)17(31)33-10-11-5-12(18(20,21)22)7-13(6-11)19(23,24)25/h5-8H,3-4,9-10H2,1-2H3. The average molecular weight is 480 g/mol. The highest BCUT2D eigenvalue weighted by molar-refractivity contribution is 5.91. The third kappa shape index (κ3) is 5.56. The van der Waals surface area contributed by atoms with Crippen molar-refractivity contribution in [2.24, 2.45) is 0 Å². The van der Waals surface area contributed by atoms with Crippen LogP contribution in [0.4, 0.5) is 31.1 Å². The van der Waals surface area contributed by atoms with E-state index in [0.717, 1.165) is 5.06 Å². The molecule has 14 heteroatoms. The van der Waals surface area contributed by atoms with E-state index in [1.54, 1.807) is 0 Å². The van der Waals surface area contributed by atoms with Crippen molar-refractivity contribution in [2.75, 3.05) is 20.7 Å². The fraction of sp³-hybridized carbons (Fsp3) is 0.421. The van der Waals surface area contributed by atoms with Crippen LogP contribution in [0.2, 0.25) is 0 Å². The monoisotopic (exact) mass is 480 g/mol. The first-order valence-corrected chi connectivity index (χ1v) is 9.38. The van der Waals surface area contributed by atoms with Crippen molar-refractivity contribution >= 4 is 12.0 Å². The van der Waals surface area contributed by atoms with Gasteiger partial charge in [-0.1, -0.05) is 0 Å². The maximum Gasteiger partial charge on any atom is 0.416 e. The van der Waals surface area contributed by atoms with Gasteiger partial charge in [0.2, 0.25) is 0 Å². The summed E-state index contributed by atoms with van der Waals surface area (Å²) >= 11 is 0. The van der Waals surface area contributed by atoms with Gasteiger partial charge in [0.25, 0.3) is 5.91 Å². The normalized spacial score (nSPS) is 14.1. The fourth-order valence-corrected chi connectivity index (χ4v) is 3.11. The molecule has 0 spiro atoms. The Balaban J connectivity index is 1.70. The molecule has 8 nitrogen and oxygen atoms in total. The molecule has 2 heterocycles. The summed E-state index contributed by atoms with van der Waals surface area (Å²) in [6, 6.07) is 2.44. The average Bonchev–Trinajstić information content (AvgIpc) is 3.18. The van der Waals surface area contributed by atoms with Crippen molar-refractivity contribution in [3.05, 3.63) is 52.3 Å². The van der Waals surface area contributed by atoms with Crippen molar-refractivity contribution < 1.29 is 45.5 Å². The topological polar surface area (TPSA) is 76.9 Å². The van der Waals surface area contributed by atoms with Crippen LogP contribution in [0.15, 0.2) is 24.3 Å². The zero-order valence-electron chi connectivity index (χ0n) is 17.3. The molecule has 0 aliphatic carbocycles. The molecule has 0 atom stereocenters. The second kappa shape index (κ2) is 8.92. The molecule has 0 fully saturated rings. The second-order valence-electron chi connectivity index (χ2n) is 7.12. The Morgan fingerprint density at radius 2 is 1.64 bits per heavy atom. The molecule has 1 aliphatic heterocycles. The number of rotatable bonds is 4. The van der Waals surface area contributed by atoms with Crippen LogP contribution in [0.5, 0.6) is 0 Å². The molecular weight excluding hydrogens is 462 g/mol. The number of nitrogens with zero attached hydrogens (tertiary/aromatic N) is 4. The van der Waals surface area contributed by atoms with Gasteiger partial charge in [0, 0.05) is 13.6 Å². The first kappa shape index (κ1) is 24.4. The number of benzene rings is 1. The second-order valence-corrected chi connectivity index (χ2v) is 7.12. The lowest BCUT2D eigenvalue weighted by atomic mass is 10.1. The smallest absolute Gasteiger partial charge is 0.416 e. The third-order valence-corrected chi connectivity index (χ3v) is 4.84. The van der Waals surface area contributed by atoms with Crippen LogP contribution in [0, 0.1) is 0 Å². The van der Waals surface area contributed by atoms with E-state index in [1.807, 2.05) is 0 Å². The summed E-state index contributed by atoms with van der Waals surface area (Å²) in [7, 11) is 2.69. The van der Waals surface area contributed by atoms with Gasteiger partial charge in [-0.3, -0.25) is 14.3 Å². The van der Waals surface area contributed by atoms with Crippen LogP contribution in [0.25, 0.3) is 0 Å². The molecule has 2 aromatic rings. The van der Waals surface area contributed by atoms with E-state index in [9.17, 15) is 35.9 Å². The van der Waals surface area contributed by atoms with Gasteiger partial charge < -0.3 is 9.64 Å². The van der Waals surface area contributed by atoms with Crippen molar-refractivity contribution in [2.45, 2.75) is 32.0 Å². The predicted octanol–water partition coefficient (Wildman–Crippen LogP) is 3.71. The minimum Gasteiger partial charge on any atom is -0.445 e. The zero-order valence-corrected chi connectivity index (χ0v) is 17.3. The molecule has 0 saturated heterocycles. The number of hydrogen-bond acceptors (Lipinski definition) is 5. The van der Waals surface area contributed by atoms with E-state index in [0.29, 0.717) is 17.8 Å². The molecule has 1 aliphatic rings. The van der Waals surface area contributed by atoms with Crippen LogP contribution in [-0.2, 0) is 41.6 Å². The SMILES string of the molecule is CON(C)C(=O)c1cc2n(n1)CCN(C(=O)OCc1cc(C(F)(F)F)cc(C(F)(F)F)c1)C2. The van der Waals surface area contributed by atoms with E-state index in [-0.39, 0.29) is 31.4 Å². The molecule has 3 rings (SSSR count). The first-order chi connectivity index (χ1) is 15.3. The third-order valence-electron chi connectivity index (χ3n) is 4.84. The van der Waals surface area contributed by atoms with Crippen LogP contribution in [0.3, 0.4) is 0 Å². The van der Waals surface area contributed by atoms with Gasteiger partial charge >= 0.3 is 18.4 Å². The Labute approximate surface area is 183 Å². The number of hydroxylamine groups is 2. The highest BCUT2D eigenvalue weighted by Gasteiger charge is 2.37. The van der Waals surface area contributed by atoms with Gasteiger partial charge in [0.1, 0.15) is 6.61 Å². The number of ether oxygens (including phenoxy) is 1. The van der Waals surface area contributed by atoms with Gasteiger partial charge in [-0.2, -0.15) is 31.4 Å². The summed E-state index contributed by atoms with van der Waals surface area (Å²) in [5, 5.41) is 5.09. The van der Waals surface area contributed by atoms with Gasteiger partial charge in [-0.15, -0.1) is 0 Å². The summed E-state index contributed by atoms with van der Waals surface area (Å²) < 4.78 is 84.3.